The number of nitrogens with zero attached hydrogens (tertiary/aromatic N) is 3. The lowest BCUT2D eigenvalue weighted by Crippen LogP contribution is -2.44. The van der Waals surface area contributed by atoms with Gasteiger partial charge in [-0.1, -0.05) is 18.2 Å². The molecular weight excluding hydrogens is 342 g/mol. The summed E-state index contributed by atoms with van der Waals surface area (Å²) in [5, 5.41) is 20.5. The van der Waals surface area contributed by atoms with E-state index in [9.17, 15) is 5.11 Å². The number of aromatic nitrogens is 2. The van der Waals surface area contributed by atoms with Crippen molar-refractivity contribution < 1.29 is 9.84 Å². The van der Waals surface area contributed by atoms with Crippen molar-refractivity contribution in [2.75, 3.05) is 32.9 Å². The van der Waals surface area contributed by atoms with Gasteiger partial charge in [0.15, 0.2) is 5.96 Å². The van der Waals surface area contributed by atoms with E-state index in [-0.39, 0.29) is 12.0 Å². The Hall–Kier alpha value is -2.38. The number of benzene rings is 1. The van der Waals surface area contributed by atoms with Gasteiger partial charge in [0.2, 0.25) is 0 Å². The Morgan fingerprint density at radius 1 is 1.33 bits per heavy atom. The minimum Gasteiger partial charge on any atom is -0.396 e. The summed E-state index contributed by atoms with van der Waals surface area (Å²) in [5.41, 5.74) is 2.07. The van der Waals surface area contributed by atoms with Crippen LogP contribution in [-0.2, 0) is 11.3 Å². The molecule has 0 radical (unpaired) electrons. The molecule has 3 rings (SSSR count). The van der Waals surface area contributed by atoms with Gasteiger partial charge < -0.3 is 20.5 Å². The van der Waals surface area contributed by atoms with Crippen LogP contribution in [0.15, 0.2) is 47.7 Å². The predicted octanol–water partition coefficient (Wildman–Crippen LogP) is 1.72. The van der Waals surface area contributed by atoms with Crippen molar-refractivity contribution in [1.82, 2.24) is 20.4 Å². The van der Waals surface area contributed by atoms with Crippen LogP contribution in [0.5, 0.6) is 0 Å². The van der Waals surface area contributed by atoms with Crippen molar-refractivity contribution in [3.8, 4) is 5.69 Å². The zero-order valence-electron chi connectivity index (χ0n) is 15.9. The molecule has 1 aromatic carbocycles. The average molecular weight is 371 g/mol. The molecule has 2 aromatic rings. The second kappa shape index (κ2) is 9.53. The largest absolute Gasteiger partial charge is 0.396 e. The molecule has 1 aromatic heterocycles. The number of rotatable bonds is 8. The second-order valence-corrected chi connectivity index (χ2v) is 6.95. The molecule has 2 heterocycles. The van der Waals surface area contributed by atoms with Crippen molar-refractivity contribution in [2.24, 2.45) is 10.4 Å². The quantitative estimate of drug-likeness (QED) is 0.486. The van der Waals surface area contributed by atoms with E-state index in [1.54, 1.807) is 0 Å². The van der Waals surface area contributed by atoms with Gasteiger partial charge in [-0.2, -0.15) is 5.10 Å². The van der Waals surface area contributed by atoms with Crippen LogP contribution >= 0.6 is 0 Å². The van der Waals surface area contributed by atoms with Crippen LogP contribution in [0.1, 0.15) is 25.3 Å². The molecule has 146 valence electrons. The first-order valence-corrected chi connectivity index (χ1v) is 9.54. The van der Waals surface area contributed by atoms with E-state index in [2.05, 4.69) is 20.7 Å². The number of para-hydroxylation sites is 1. The lowest BCUT2D eigenvalue weighted by molar-refractivity contribution is 0.127. The molecule has 27 heavy (non-hydrogen) atoms. The van der Waals surface area contributed by atoms with E-state index in [0.29, 0.717) is 13.2 Å². The third kappa shape index (κ3) is 5.30. The minimum atomic E-state index is -0.0108. The van der Waals surface area contributed by atoms with Gasteiger partial charge >= 0.3 is 0 Å². The molecule has 1 saturated heterocycles. The molecule has 0 bridgehead atoms. The molecular formula is C20H29N5O2. The minimum absolute atomic E-state index is 0.0108. The molecule has 1 atom stereocenters. The Morgan fingerprint density at radius 3 is 2.89 bits per heavy atom. The van der Waals surface area contributed by atoms with Crippen LogP contribution in [0.4, 0.5) is 0 Å². The van der Waals surface area contributed by atoms with Crippen molar-refractivity contribution in [3.63, 3.8) is 0 Å². The van der Waals surface area contributed by atoms with Gasteiger partial charge in [0.05, 0.1) is 25.0 Å². The highest BCUT2D eigenvalue weighted by molar-refractivity contribution is 5.79. The van der Waals surface area contributed by atoms with Gasteiger partial charge in [-0.15, -0.1) is 0 Å². The summed E-state index contributed by atoms with van der Waals surface area (Å²) in [7, 11) is 0. The summed E-state index contributed by atoms with van der Waals surface area (Å²) in [6.07, 6.45) is 5.55. The summed E-state index contributed by atoms with van der Waals surface area (Å²) in [5.74, 6) is 0.772. The maximum Gasteiger partial charge on any atom is 0.191 e. The molecule has 0 spiro atoms. The summed E-state index contributed by atoms with van der Waals surface area (Å²) in [6, 6.07) is 10.0. The Morgan fingerprint density at radius 2 is 2.19 bits per heavy atom. The number of ether oxygens (including phenoxy) is 1. The zero-order valence-corrected chi connectivity index (χ0v) is 15.9. The third-order valence-corrected chi connectivity index (χ3v) is 4.88. The highest BCUT2D eigenvalue weighted by atomic mass is 16.5. The molecule has 1 fully saturated rings. The van der Waals surface area contributed by atoms with Crippen molar-refractivity contribution in [3.05, 3.63) is 48.3 Å². The van der Waals surface area contributed by atoms with Crippen molar-refractivity contribution >= 4 is 5.96 Å². The van der Waals surface area contributed by atoms with Gasteiger partial charge in [0.25, 0.3) is 0 Å². The smallest absolute Gasteiger partial charge is 0.191 e. The molecule has 7 heteroatoms. The summed E-state index contributed by atoms with van der Waals surface area (Å²) in [4.78, 5) is 4.68. The highest BCUT2D eigenvalue weighted by Crippen LogP contribution is 2.31. The van der Waals surface area contributed by atoms with Crippen LogP contribution in [0.2, 0.25) is 0 Å². The predicted molar refractivity (Wildman–Crippen MR) is 106 cm³/mol. The Balaban J connectivity index is 1.61. The third-order valence-electron chi connectivity index (χ3n) is 4.88. The van der Waals surface area contributed by atoms with Gasteiger partial charge in [0.1, 0.15) is 0 Å². The van der Waals surface area contributed by atoms with E-state index in [0.717, 1.165) is 49.7 Å². The Labute approximate surface area is 160 Å². The van der Waals surface area contributed by atoms with Gasteiger partial charge in [-0.3, -0.25) is 0 Å². The number of aliphatic hydroxyl groups is 1. The second-order valence-electron chi connectivity index (χ2n) is 6.95. The summed E-state index contributed by atoms with van der Waals surface area (Å²) < 4.78 is 7.42. The molecule has 1 aliphatic heterocycles. The Bertz CT molecular complexity index is 723. The number of hydrogen-bond acceptors (Lipinski definition) is 4. The van der Waals surface area contributed by atoms with Crippen LogP contribution in [-0.4, -0.2) is 53.8 Å². The number of guanidine groups is 1. The van der Waals surface area contributed by atoms with E-state index in [1.807, 2.05) is 54.3 Å². The van der Waals surface area contributed by atoms with Gasteiger partial charge in [-0.05, 0) is 31.9 Å². The number of nitrogens with one attached hydrogen (secondary N) is 2. The van der Waals surface area contributed by atoms with Crippen LogP contribution in [0, 0.1) is 5.41 Å². The molecule has 3 N–H and O–H groups in total. The van der Waals surface area contributed by atoms with Gasteiger partial charge in [0, 0.05) is 43.5 Å². The standard InChI is InChI=1S/C20H29N5O2/c1-2-21-19(23-15-20(8-10-26)9-11-27-16-20)22-12-17-13-24-25(14-17)18-6-4-3-5-7-18/h3-7,13-14,26H,2,8-12,15-16H2,1H3,(H2,21,22,23). The first kappa shape index (κ1) is 19.4. The van der Waals surface area contributed by atoms with E-state index in [1.165, 1.54) is 0 Å². The molecule has 0 amide bonds. The molecule has 7 nitrogen and oxygen atoms in total. The van der Waals surface area contributed by atoms with Crippen LogP contribution in [0.3, 0.4) is 0 Å². The number of aliphatic hydroxyl groups excluding tert-OH is 1. The summed E-state index contributed by atoms with van der Waals surface area (Å²) in [6.45, 7) is 5.75. The fourth-order valence-corrected chi connectivity index (χ4v) is 3.26. The van der Waals surface area contributed by atoms with Crippen molar-refractivity contribution in [2.45, 2.75) is 26.3 Å². The van der Waals surface area contributed by atoms with E-state index < -0.39 is 0 Å². The Kier molecular flexibility index (Phi) is 6.84. The fourth-order valence-electron chi connectivity index (χ4n) is 3.26. The molecule has 1 unspecified atom stereocenters. The number of aliphatic imine (C=N–C) groups is 1. The van der Waals surface area contributed by atoms with Crippen molar-refractivity contribution in [1.29, 1.82) is 0 Å². The maximum absolute atomic E-state index is 9.37. The van der Waals surface area contributed by atoms with Crippen LogP contribution < -0.4 is 10.6 Å². The normalized spacial score (nSPS) is 20.0. The SMILES string of the molecule is CCNC(=NCc1cnn(-c2ccccc2)c1)NCC1(CCO)CCOC1. The lowest BCUT2D eigenvalue weighted by atomic mass is 9.84. The first-order valence-electron chi connectivity index (χ1n) is 9.54. The summed E-state index contributed by atoms with van der Waals surface area (Å²) >= 11 is 0. The van der Waals surface area contributed by atoms with E-state index >= 15 is 0 Å². The number of hydrogen-bond donors (Lipinski definition) is 3. The topological polar surface area (TPSA) is 83.7 Å². The van der Waals surface area contributed by atoms with Crippen LogP contribution in [0.25, 0.3) is 5.69 Å². The lowest BCUT2D eigenvalue weighted by Gasteiger charge is -2.27. The molecule has 0 aliphatic carbocycles. The van der Waals surface area contributed by atoms with E-state index in [4.69, 9.17) is 4.74 Å². The molecule has 1 aliphatic rings. The highest BCUT2D eigenvalue weighted by Gasteiger charge is 2.34. The van der Waals surface area contributed by atoms with Gasteiger partial charge in [-0.25, -0.2) is 9.67 Å². The molecule has 0 saturated carbocycles. The monoisotopic (exact) mass is 371 g/mol. The average Bonchev–Trinajstić information content (AvgIpc) is 3.35. The fraction of sp³-hybridized carbons (Fsp3) is 0.500. The maximum atomic E-state index is 9.37. The zero-order chi connectivity index (χ0) is 19.0. The first-order chi connectivity index (χ1) is 13.2.